The first-order chi connectivity index (χ1) is 23.6. The summed E-state index contributed by atoms with van der Waals surface area (Å²) in [7, 11) is 3.79. The van der Waals surface area contributed by atoms with Crippen LogP contribution in [0.5, 0.6) is 0 Å². The Morgan fingerprint density at radius 2 is 1.64 bits per heavy atom. The van der Waals surface area contributed by atoms with Crippen molar-refractivity contribution in [2.45, 2.75) is 115 Å². The Labute approximate surface area is 290 Å². The smallest absolute Gasteiger partial charge is 0.305 e. The Kier molecular flexibility index (Phi) is 8.10. The van der Waals surface area contributed by atoms with Crippen molar-refractivity contribution < 1.29 is 42.5 Å². The molecule has 11 heteroatoms. The number of aryl methyl sites for hydroxylation is 1. The second-order valence-electron chi connectivity index (χ2n) is 14.7. The maximum absolute atomic E-state index is 14.9. The molecule has 0 saturated carbocycles. The predicted octanol–water partition coefficient (Wildman–Crippen LogP) is 5.36. The maximum atomic E-state index is 14.9. The summed E-state index contributed by atoms with van der Waals surface area (Å²) in [5.74, 6) is -1.46. The lowest BCUT2D eigenvalue weighted by molar-refractivity contribution is -0.202. The van der Waals surface area contributed by atoms with Crippen LogP contribution in [0.2, 0.25) is 0 Å². The number of hydrogen-bond acceptors (Lipinski definition) is 11. The van der Waals surface area contributed by atoms with Crippen LogP contribution in [0.25, 0.3) is 11.0 Å². The van der Waals surface area contributed by atoms with Gasteiger partial charge in [0.25, 0.3) is 0 Å². The number of nitrogens with zero attached hydrogens (tertiary/aromatic N) is 1. The Bertz CT molecular complexity index is 2060. The van der Waals surface area contributed by atoms with E-state index in [0.717, 1.165) is 0 Å². The molecule has 50 heavy (non-hydrogen) atoms. The van der Waals surface area contributed by atoms with Gasteiger partial charge in [-0.2, -0.15) is 0 Å². The zero-order valence-electron chi connectivity index (χ0n) is 29.9. The van der Waals surface area contributed by atoms with Crippen LogP contribution in [-0.2, 0) is 29.3 Å². The first-order valence-electron chi connectivity index (χ1n) is 17.3. The number of Topliss-reactive ketones (excluding diaryl/α,β-unsaturated/α-hetero) is 1. The van der Waals surface area contributed by atoms with Crippen LogP contribution in [0.15, 0.2) is 33.5 Å². The summed E-state index contributed by atoms with van der Waals surface area (Å²) in [4.78, 5) is 71.1. The lowest BCUT2D eigenvalue weighted by atomic mass is 9.74. The molecule has 2 aromatic carbocycles. The molecule has 3 saturated heterocycles. The molecule has 0 N–H and O–H groups in total. The quantitative estimate of drug-likeness (QED) is 0.134. The van der Waals surface area contributed by atoms with Gasteiger partial charge >= 0.3 is 5.97 Å². The third kappa shape index (κ3) is 5.04. The number of ketones is 3. The van der Waals surface area contributed by atoms with Crippen LogP contribution < -0.4 is 5.43 Å². The first-order valence-corrected chi connectivity index (χ1v) is 17.3. The van der Waals surface area contributed by atoms with Crippen molar-refractivity contribution in [2.75, 3.05) is 14.1 Å². The Hall–Kier alpha value is -4.03. The predicted molar refractivity (Wildman–Crippen MR) is 182 cm³/mol. The van der Waals surface area contributed by atoms with Gasteiger partial charge in [-0.15, -0.1) is 0 Å². The molecule has 264 valence electrons. The van der Waals surface area contributed by atoms with E-state index >= 15 is 0 Å². The Balaban J connectivity index is 1.38. The van der Waals surface area contributed by atoms with E-state index in [1.54, 1.807) is 39.0 Å². The zero-order chi connectivity index (χ0) is 36.2. The fourth-order valence-electron chi connectivity index (χ4n) is 8.01. The van der Waals surface area contributed by atoms with Crippen molar-refractivity contribution in [3.63, 3.8) is 0 Å². The largest absolute Gasteiger partial charge is 0.458 e. The second-order valence-corrected chi connectivity index (χ2v) is 14.7. The summed E-state index contributed by atoms with van der Waals surface area (Å²) in [6.45, 7) is 12.7. The highest BCUT2D eigenvalue weighted by Gasteiger charge is 2.66. The molecule has 8 atom stereocenters. The average molecular weight is 686 g/mol. The highest BCUT2D eigenvalue weighted by molar-refractivity contribution is 6.34. The minimum atomic E-state index is -0.938. The van der Waals surface area contributed by atoms with Gasteiger partial charge in [-0.05, 0) is 78.4 Å². The molecule has 0 radical (unpaired) electrons. The molecule has 3 aromatic rings. The molecule has 0 amide bonds. The Morgan fingerprint density at radius 1 is 0.940 bits per heavy atom. The summed E-state index contributed by atoms with van der Waals surface area (Å²) in [6, 6.07) is 6.21. The molecule has 7 rings (SSSR count). The highest BCUT2D eigenvalue weighted by Crippen LogP contribution is 2.53. The summed E-state index contributed by atoms with van der Waals surface area (Å²) in [5, 5.41) is 0.187. The lowest BCUT2D eigenvalue weighted by Crippen LogP contribution is -2.61. The summed E-state index contributed by atoms with van der Waals surface area (Å²) >= 11 is 0. The molecule has 4 heterocycles. The average Bonchev–Trinajstić information content (AvgIpc) is 3.98. The van der Waals surface area contributed by atoms with Crippen molar-refractivity contribution >= 4 is 34.3 Å². The van der Waals surface area contributed by atoms with Gasteiger partial charge in [0.15, 0.2) is 28.4 Å². The molecule has 3 aliphatic heterocycles. The van der Waals surface area contributed by atoms with Crippen LogP contribution in [0.4, 0.5) is 0 Å². The number of ether oxygens (including phenoxy) is 4. The number of benzene rings is 2. The molecular weight excluding hydrogens is 642 g/mol. The summed E-state index contributed by atoms with van der Waals surface area (Å²) < 4.78 is 30.4. The third-order valence-corrected chi connectivity index (χ3v) is 11.3. The van der Waals surface area contributed by atoms with Gasteiger partial charge in [0.1, 0.15) is 29.7 Å². The summed E-state index contributed by atoms with van der Waals surface area (Å²) in [6.07, 6.45) is -1.65. The van der Waals surface area contributed by atoms with Gasteiger partial charge in [-0.3, -0.25) is 24.0 Å². The minimum absolute atomic E-state index is 0.00431. The van der Waals surface area contributed by atoms with E-state index in [0.29, 0.717) is 17.5 Å². The van der Waals surface area contributed by atoms with E-state index in [2.05, 4.69) is 0 Å². The molecule has 0 bridgehead atoms. The molecule has 1 aromatic heterocycles. The van der Waals surface area contributed by atoms with Crippen LogP contribution in [-0.4, -0.2) is 78.4 Å². The highest BCUT2D eigenvalue weighted by atomic mass is 16.7. The summed E-state index contributed by atoms with van der Waals surface area (Å²) in [5.41, 5.74) is -0.794. The standard InChI is InChI=1S/C39H43NO10/c1-10-23(41)29-20(25-16-38(6,40(8)9)36(19(5)46-25)49-27(43)11-2)12-13-21-30(29)33(45)31-22(32(21)44)14-17(3)28-24(42)15-26(48-35(28)31)39(7)37(50-39)34-18(4)47-34/h12-15,18-19,25,34,36-37H,10-11,16H2,1-9H3/t18-,19-,25+,34+,36+,37-,38+,39-/m0/s1. The molecular formula is C39H43NO10. The fourth-order valence-corrected chi connectivity index (χ4v) is 8.01. The van der Waals surface area contributed by atoms with Crippen molar-refractivity contribution in [1.29, 1.82) is 0 Å². The topological polar surface area (TPSA) is 145 Å². The Morgan fingerprint density at radius 3 is 2.26 bits per heavy atom. The lowest BCUT2D eigenvalue weighted by Gasteiger charge is -2.50. The number of rotatable bonds is 8. The van der Waals surface area contributed by atoms with E-state index in [9.17, 15) is 24.0 Å². The monoisotopic (exact) mass is 685 g/mol. The van der Waals surface area contributed by atoms with E-state index in [1.165, 1.54) is 6.07 Å². The normalized spacial score (nSPS) is 31.4. The van der Waals surface area contributed by atoms with E-state index in [4.69, 9.17) is 23.4 Å². The van der Waals surface area contributed by atoms with E-state index in [-0.39, 0.29) is 92.9 Å². The molecule has 11 nitrogen and oxygen atoms in total. The van der Waals surface area contributed by atoms with Gasteiger partial charge in [0.05, 0.1) is 34.8 Å². The van der Waals surface area contributed by atoms with Gasteiger partial charge in [-0.1, -0.05) is 19.9 Å². The maximum Gasteiger partial charge on any atom is 0.305 e. The second kappa shape index (κ2) is 11.8. The molecule has 1 aliphatic carbocycles. The van der Waals surface area contributed by atoms with Crippen molar-refractivity contribution in [1.82, 2.24) is 4.90 Å². The minimum Gasteiger partial charge on any atom is -0.458 e. The molecule has 0 spiro atoms. The van der Waals surface area contributed by atoms with Crippen molar-refractivity contribution in [3.05, 3.63) is 79.2 Å². The van der Waals surface area contributed by atoms with Gasteiger partial charge in [0, 0.05) is 41.2 Å². The first kappa shape index (κ1) is 34.4. The zero-order valence-corrected chi connectivity index (χ0v) is 29.9. The molecule has 0 unspecified atom stereocenters. The number of carbonyl (C=O) groups excluding carboxylic acids is 4. The number of likely N-dealkylation sites (N-methyl/N-ethyl adjacent to an activating group) is 1. The number of esters is 1. The van der Waals surface area contributed by atoms with Gasteiger partial charge in [0.2, 0.25) is 0 Å². The number of fused-ring (bicyclic) bond motifs is 4. The molecule has 4 aliphatic rings. The third-order valence-electron chi connectivity index (χ3n) is 11.3. The SMILES string of the molecule is CCC(=O)O[C@@H]1[C@H](C)O[C@@H](c2ccc3c(c2C(=O)CC)C(=O)c2c(cc(C)c4c(=O)cc([C@]5(C)O[C@H]5[C@@H]5O[C@H]5C)oc24)C3=O)C[C@@]1(C)N(C)C. The van der Waals surface area contributed by atoms with Crippen LogP contribution >= 0.6 is 0 Å². The van der Waals surface area contributed by atoms with Crippen LogP contribution in [0, 0.1) is 6.92 Å². The van der Waals surface area contributed by atoms with E-state index in [1.807, 2.05) is 46.7 Å². The van der Waals surface area contributed by atoms with Crippen LogP contribution in [0.1, 0.15) is 126 Å². The van der Waals surface area contributed by atoms with Gasteiger partial charge in [-0.25, -0.2) is 0 Å². The van der Waals surface area contributed by atoms with Crippen LogP contribution in [0.3, 0.4) is 0 Å². The van der Waals surface area contributed by atoms with Gasteiger partial charge < -0.3 is 28.3 Å². The fraction of sp³-hybridized carbons (Fsp3) is 0.513. The number of hydrogen-bond donors (Lipinski definition) is 0. The number of epoxide rings is 2. The van der Waals surface area contributed by atoms with Crippen molar-refractivity contribution in [2.24, 2.45) is 0 Å². The number of carbonyl (C=O) groups is 4. The van der Waals surface area contributed by atoms with Crippen molar-refractivity contribution in [3.8, 4) is 0 Å². The molecule has 3 fully saturated rings. The van der Waals surface area contributed by atoms with E-state index < -0.39 is 41.0 Å².